The minimum Gasteiger partial charge on any atom is -0.499 e. The lowest BCUT2D eigenvalue weighted by atomic mass is 9.87. The van der Waals surface area contributed by atoms with Crippen LogP contribution in [0, 0.1) is 0 Å². The molecule has 0 aromatic heterocycles. The van der Waals surface area contributed by atoms with Gasteiger partial charge in [-0.15, -0.1) is 0 Å². The van der Waals surface area contributed by atoms with E-state index < -0.39 is 0 Å². The summed E-state index contributed by atoms with van der Waals surface area (Å²) in [6, 6.07) is 8.97. The zero-order valence-corrected chi connectivity index (χ0v) is 14.1. The van der Waals surface area contributed by atoms with E-state index in [9.17, 15) is 0 Å². The van der Waals surface area contributed by atoms with Crippen molar-refractivity contribution in [1.29, 1.82) is 0 Å². The Labute approximate surface area is 129 Å². The summed E-state index contributed by atoms with van der Waals surface area (Å²) < 4.78 is 5.37. The summed E-state index contributed by atoms with van der Waals surface area (Å²) in [6.45, 7) is 16.1. The van der Waals surface area contributed by atoms with Crippen molar-refractivity contribution in [2.45, 2.75) is 52.5 Å². The maximum atomic E-state index is 5.37. The first-order chi connectivity index (χ1) is 9.82. The van der Waals surface area contributed by atoms with Gasteiger partial charge in [-0.1, -0.05) is 39.5 Å². The Morgan fingerprint density at radius 2 is 1.86 bits per heavy atom. The molecule has 0 radical (unpaired) electrons. The normalized spacial score (nSPS) is 12.8. The van der Waals surface area contributed by atoms with Crippen LogP contribution in [0.5, 0.6) is 0 Å². The van der Waals surface area contributed by atoms with Crippen molar-refractivity contribution in [2.24, 2.45) is 0 Å². The van der Waals surface area contributed by atoms with Gasteiger partial charge in [0.25, 0.3) is 0 Å². The minimum atomic E-state index is 0.199. The van der Waals surface area contributed by atoms with Gasteiger partial charge >= 0.3 is 0 Å². The molecule has 3 heteroatoms. The smallest absolute Gasteiger partial charge is 0.0903 e. The summed E-state index contributed by atoms with van der Waals surface area (Å²) in [5.74, 6) is 0.840. The van der Waals surface area contributed by atoms with E-state index in [0.29, 0.717) is 12.6 Å². The van der Waals surface area contributed by atoms with Crippen molar-refractivity contribution in [1.82, 2.24) is 5.32 Å². The third kappa shape index (κ3) is 6.67. The zero-order chi connectivity index (χ0) is 15.9. The van der Waals surface area contributed by atoms with E-state index in [2.05, 4.69) is 69.2 Å². The lowest BCUT2D eigenvalue weighted by Crippen LogP contribution is -2.31. The number of nitrogens with one attached hydrogen (secondary N) is 2. The number of hydrogen-bond acceptors (Lipinski definition) is 3. The van der Waals surface area contributed by atoms with Gasteiger partial charge in [0.2, 0.25) is 0 Å². The second kappa shape index (κ2) is 8.08. The fraction of sp³-hybridized carbons (Fsp3) is 0.556. The lowest BCUT2D eigenvalue weighted by molar-refractivity contribution is 0.213. The molecule has 0 heterocycles. The van der Waals surface area contributed by atoms with Crippen LogP contribution in [0.4, 0.5) is 5.69 Å². The third-order valence-electron chi connectivity index (χ3n) is 3.38. The van der Waals surface area contributed by atoms with Crippen molar-refractivity contribution >= 4 is 5.69 Å². The molecule has 1 rings (SSSR count). The second-order valence-corrected chi connectivity index (χ2v) is 6.46. The van der Waals surface area contributed by atoms with Gasteiger partial charge in [0.1, 0.15) is 0 Å². The molecule has 3 nitrogen and oxygen atoms in total. The van der Waals surface area contributed by atoms with Crippen LogP contribution in [0.15, 0.2) is 36.6 Å². The topological polar surface area (TPSA) is 33.3 Å². The molecule has 0 aliphatic carbocycles. The maximum Gasteiger partial charge on any atom is 0.0903 e. The summed E-state index contributed by atoms with van der Waals surface area (Å²) in [5, 5.41) is 6.79. The molecule has 0 saturated heterocycles. The predicted octanol–water partition coefficient (Wildman–Crippen LogP) is 4.27. The van der Waals surface area contributed by atoms with Crippen LogP contribution in [0.1, 0.15) is 46.6 Å². The van der Waals surface area contributed by atoms with Gasteiger partial charge in [-0.2, -0.15) is 0 Å². The minimum absolute atomic E-state index is 0.199. The average molecular weight is 290 g/mol. The van der Waals surface area contributed by atoms with Crippen molar-refractivity contribution in [2.75, 3.05) is 18.6 Å². The molecule has 0 amide bonds. The quantitative estimate of drug-likeness (QED) is 0.554. The molecule has 21 heavy (non-hydrogen) atoms. The molecule has 0 fully saturated rings. The molecule has 0 bridgehead atoms. The highest BCUT2D eigenvalue weighted by atomic mass is 16.5. The second-order valence-electron chi connectivity index (χ2n) is 6.46. The van der Waals surface area contributed by atoms with Gasteiger partial charge in [0, 0.05) is 18.2 Å². The largest absolute Gasteiger partial charge is 0.499 e. The Hall–Kier alpha value is -1.48. The Morgan fingerprint density at radius 3 is 2.38 bits per heavy atom. The van der Waals surface area contributed by atoms with Gasteiger partial charge in [-0.3, -0.25) is 5.32 Å². The van der Waals surface area contributed by atoms with Gasteiger partial charge in [-0.25, -0.2) is 0 Å². The monoisotopic (exact) mass is 290 g/mol. The van der Waals surface area contributed by atoms with E-state index in [4.69, 9.17) is 4.74 Å². The summed E-state index contributed by atoms with van der Waals surface area (Å²) >= 11 is 0. The van der Waals surface area contributed by atoms with E-state index in [1.165, 1.54) is 5.56 Å². The molecule has 2 N–H and O–H groups in total. The molecule has 0 saturated carbocycles. The molecular weight excluding hydrogens is 260 g/mol. The summed E-state index contributed by atoms with van der Waals surface area (Å²) in [4.78, 5) is 0. The van der Waals surface area contributed by atoms with Crippen molar-refractivity contribution < 1.29 is 4.74 Å². The number of benzene rings is 1. The Balaban J connectivity index is 2.34. The molecule has 0 aliphatic heterocycles. The van der Waals surface area contributed by atoms with Gasteiger partial charge in [0.15, 0.2) is 0 Å². The van der Waals surface area contributed by atoms with Gasteiger partial charge in [0.05, 0.1) is 19.0 Å². The van der Waals surface area contributed by atoms with E-state index in [0.717, 1.165) is 24.5 Å². The Bertz CT molecular complexity index is 432. The van der Waals surface area contributed by atoms with Gasteiger partial charge < -0.3 is 10.1 Å². The van der Waals surface area contributed by atoms with Crippen molar-refractivity contribution in [3.8, 4) is 0 Å². The molecule has 1 aromatic carbocycles. The van der Waals surface area contributed by atoms with Crippen LogP contribution >= 0.6 is 0 Å². The predicted molar refractivity (Wildman–Crippen MR) is 91.6 cm³/mol. The van der Waals surface area contributed by atoms with Crippen LogP contribution < -0.4 is 10.6 Å². The number of rotatable bonds is 8. The summed E-state index contributed by atoms with van der Waals surface area (Å²) in [6.07, 6.45) is 0.832. The first-order valence-electron chi connectivity index (χ1n) is 7.71. The standard InChI is InChI=1S/C18H30N2O/c1-7-21-15(3)12-14(2)19-13-20-17-10-8-16(9-11-17)18(4,5)6/h8-11,14,19-20H,3,7,12-13H2,1-2,4-6H3. The third-order valence-corrected chi connectivity index (χ3v) is 3.38. The Morgan fingerprint density at radius 1 is 1.24 bits per heavy atom. The molecule has 1 atom stereocenters. The molecule has 1 aromatic rings. The first-order valence-corrected chi connectivity index (χ1v) is 7.71. The van der Waals surface area contributed by atoms with E-state index in [-0.39, 0.29) is 5.41 Å². The van der Waals surface area contributed by atoms with Gasteiger partial charge in [-0.05, 0) is 37.0 Å². The number of anilines is 1. The van der Waals surface area contributed by atoms with Crippen LogP contribution in [-0.4, -0.2) is 19.3 Å². The van der Waals surface area contributed by atoms with E-state index >= 15 is 0 Å². The van der Waals surface area contributed by atoms with E-state index in [1.807, 2.05) is 6.92 Å². The fourth-order valence-electron chi connectivity index (χ4n) is 2.09. The highest BCUT2D eigenvalue weighted by Gasteiger charge is 2.12. The lowest BCUT2D eigenvalue weighted by Gasteiger charge is -2.20. The highest BCUT2D eigenvalue weighted by molar-refractivity contribution is 5.45. The molecule has 1 unspecified atom stereocenters. The number of ether oxygens (including phenoxy) is 1. The summed E-state index contributed by atoms with van der Waals surface area (Å²) in [5.41, 5.74) is 2.68. The van der Waals surface area contributed by atoms with Crippen LogP contribution in [-0.2, 0) is 10.2 Å². The van der Waals surface area contributed by atoms with Crippen LogP contribution in [0.25, 0.3) is 0 Å². The number of hydrogen-bond donors (Lipinski definition) is 2. The summed E-state index contributed by atoms with van der Waals surface area (Å²) in [7, 11) is 0. The zero-order valence-electron chi connectivity index (χ0n) is 14.1. The maximum absolute atomic E-state index is 5.37. The average Bonchev–Trinajstić information content (AvgIpc) is 2.38. The fourth-order valence-corrected chi connectivity index (χ4v) is 2.09. The highest BCUT2D eigenvalue weighted by Crippen LogP contribution is 2.23. The molecule has 118 valence electrons. The first kappa shape index (κ1) is 17.6. The Kier molecular flexibility index (Phi) is 6.76. The molecule has 0 spiro atoms. The van der Waals surface area contributed by atoms with Crippen LogP contribution in [0.2, 0.25) is 0 Å². The molecule has 0 aliphatic rings. The van der Waals surface area contributed by atoms with E-state index in [1.54, 1.807) is 0 Å². The van der Waals surface area contributed by atoms with Crippen LogP contribution in [0.3, 0.4) is 0 Å². The van der Waals surface area contributed by atoms with Crippen molar-refractivity contribution in [3.05, 3.63) is 42.2 Å². The van der Waals surface area contributed by atoms with Crippen molar-refractivity contribution in [3.63, 3.8) is 0 Å². The SMILES string of the molecule is C=C(CC(C)NCNc1ccc(C(C)(C)C)cc1)OCC. The molecular formula is C18H30N2O.